The number of rotatable bonds is 8. The minimum atomic E-state index is -2.35. The van der Waals surface area contributed by atoms with Crippen LogP contribution in [0.5, 0.6) is 0 Å². The molecule has 0 aromatic carbocycles. The molecule has 0 spiro atoms. The van der Waals surface area contributed by atoms with Crippen LogP contribution in [0.1, 0.15) is 54.7 Å². The van der Waals surface area contributed by atoms with Gasteiger partial charge in [0.15, 0.2) is 22.9 Å². The normalized spacial score (nSPS) is 23.8. The van der Waals surface area contributed by atoms with E-state index in [1.807, 2.05) is 0 Å². The molecule has 1 aromatic heterocycles. The highest BCUT2D eigenvalue weighted by molar-refractivity contribution is 6.74. The zero-order chi connectivity index (χ0) is 27.7. The maximum atomic E-state index is 13.1. The first kappa shape index (κ1) is 30.3. The number of amides is 1. The van der Waals surface area contributed by atoms with Crippen LogP contribution in [0.2, 0.25) is 36.3 Å². The zero-order valence-electron chi connectivity index (χ0n) is 23.5. The summed E-state index contributed by atoms with van der Waals surface area (Å²) in [4.78, 5) is 39.7. The van der Waals surface area contributed by atoms with Gasteiger partial charge in [0.25, 0.3) is 0 Å². The molecule has 0 unspecified atom stereocenters. The molecular weight excluding hydrogens is 494 g/mol. The van der Waals surface area contributed by atoms with Gasteiger partial charge in [0, 0.05) is 13.1 Å². The molecular formula is C25H43N3O6Si2. The third kappa shape index (κ3) is 6.88. The van der Waals surface area contributed by atoms with E-state index in [9.17, 15) is 14.4 Å². The summed E-state index contributed by atoms with van der Waals surface area (Å²) >= 11 is 0. The van der Waals surface area contributed by atoms with Gasteiger partial charge in [0.2, 0.25) is 5.91 Å². The lowest BCUT2D eigenvalue weighted by atomic mass is 10.1. The van der Waals surface area contributed by atoms with Crippen molar-refractivity contribution < 1.29 is 23.2 Å². The molecule has 1 aliphatic rings. The Balaban J connectivity index is 2.64. The fourth-order valence-corrected chi connectivity index (χ4v) is 5.94. The largest absolute Gasteiger partial charge is 0.408 e. The van der Waals surface area contributed by atoms with Gasteiger partial charge >= 0.3 is 5.69 Å². The second-order valence-electron chi connectivity index (χ2n) is 12.4. The number of ether oxygens (including phenoxy) is 1. The Kier molecular flexibility index (Phi) is 9.11. The van der Waals surface area contributed by atoms with E-state index in [2.05, 4.69) is 78.0 Å². The smallest absolute Gasteiger partial charge is 0.351 e. The summed E-state index contributed by atoms with van der Waals surface area (Å²) in [6.45, 7) is 22.8. The standard InChI is InChI=1S/C25H43N3O6Si2/c1-17(30)26-19-14-15-28(23(31)27-19)22-21(34-36(10,11)25(5,6)7)20(18(32-22)13-12-16-29)33-35(8,9)24(2,3)4/h12-16,18,20-22H,1-11H3,(H,26,27,30,31)/b13-12-/t18-,20-,21-,22-/m1/s1. The molecule has 202 valence electrons. The van der Waals surface area contributed by atoms with Crippen LogP contribution in [0.25, 0.3) is 0 Å². The van der Waals surface area contributed by atoms with Gasteiger partial charge in [0.05, 0.1) is 0 Å². The van der Waals surface area contributed by atoms with E-state index < -0.39 is 46.9 Å². The van der Waals surface area contributed by atoms with Crippen molar-refractivity contribution in [3.05, 3.63) is 34.9 Å². The Labute approximate surface area is 216 Å². The maximum absolute atomic E-state index is 13.1. The first-order chi connectivity index (χ1) is 16.3. The quantitative estimate of drug-likeness (QED) is 0.292. The van der Waals surface area contributed by atoms with E-state index >= 15 is 0 Å². The van der Waals surface area contributed by atoms with Crippen LogP contribution in [-0.2, 0) is 23.2 Å². The van der Waals surface area contributed by atoms with E-state index in [1.165, 1.54) is 17.6 Å². The molecule has 2 rings (SSSR count). The molecule has 9 nitrogen and oxygen atoms in total. The number of nitrogens with one attached hydrogen (secondary N) is 1. The highest BCUT2D eigenvalue weighted by atomic mass is 28.4. The number of hydrogen-bond donors (Lipinski definition) is 1. The van der Waals surface area contributed by atoms with Gasteiger partial charge in [0.1, 0.15) is 30.4 Å². The van der Waals surface area contributed by atoms with Crippen molar-refractivity contribution in [3.8, 4) is 0 Å². The predicted octanol–water partition coefficient (Wildman–Crippen LogP) is 4.64. The van der Waals surface area contributed by atoms with E-state index in [0.717, 1.165) is 0 Å². The number of carbonyl (C=O) groups is 2. The third-order valence-electron chi connectivity index (χ3n) is 7.49. The van der Waals surface area contributed by atoms with Crippen molar-refractivity contribution in [2.45, 2.75) is 109 Å². The van der Waals surface area contributed by atoms with Crippen molar-refractivity contribution in [2.24, 2.45) is 0 Å². The summed E-state index contributed by atoms with van der Waals surface area (Å²) in [5.41, 5.74) is -0.582. The molecule has 0 radical (unpaired) electrons. The van der Waals surface area contributed by atoms with Gasteiger partial charge in [-0.15, -0.1) is 0 Å². The first-order valence-electron chi connectivity index (χ1n) is 12.3. The minimum absolute atomic E-state index is 0.0794. The molecule has 0 aliphatic carbocycles. The summed E-state index contributed by atoms with van der Waals surface area (Å²) in [6.07, 6.45) is 2.70. The lowest BCUT2D eigenvalue weighted by molar-refractivity contribution is -0.114. The topological polar surface area (TPSA) is 109 Å². The van der Waals surface area contributed by atoms with E-state index in [0.29, 0.717) is 6.29 Å². The molecule has 4 atom stereocenters. The summed E-state index contributed by atoms with van der Waals surface area (Å²) in [6, 6.07) is 1.55. The molecule has 1 saturated heterocycles. The zero-order valence-corrected chi connectivity index (χ0v) is 25.5. The van der Waals surface area contributed by atoms with Gasteiger partial charge in [-0.2, -0.15) is 4.98 Å². The molecule has 0 bridgehead atoms. The molecule has 0 saturated carbocycles. The number of aromatic nitrogens is 2. The number of anilines is 1. The van der Waals surface area contributed by atoms with Crippen molar-refractivity contribution in [1.29, 1.82) is 0 Å². The highest BCUT2D eigenvalue weighted by Gasteiger charge is 2.53. The summed E-state index contributed by atoms with van der Waals surface area (Å²) in [7, 11) is -4.65. The highest BCUT2D eigenvalue weighted by Crippen LogP contribution is 2.45. The third-order valence-corrected chi connectivity index (χ3v) is 16.4. The second kappa shape index (κ2) is 10.8. The average Bonchev–Trinajstić information content (AvgIpc) is 3.00. The van der Waals surface area contributed by atoms with Gasteiger partial charge in [-0.3, -0.25) is 14.2 Å². The van der Waals surface area contributed by atoms with Crippen molar-refractivity contribution >= 4 is 34.6 Å². The van der Waals surface area contributed by atoms with E-state index in [-0.39, 0.29) is 21.8 Å². The molecule has 1 aromatic rings. The molecule has 2 heterocycles. The van der Waals surface area contributed by atoms with Crippen LogP contribution in [0.4, 0.5) is 5.82 Å². The van der Waals surface area contributed by atoms with Crippen LogP contribution in [0.3, 0.4) is 0 Å². The second-order valence-corrected chi connectivity index (χ2v) is 21.9. The van der Waals surface area contributed by atoms with Gasteiger partial charge in [-0.25, -0.2) is 4.79 Å². The number of allylic oxidation sites excluding steroid dienone is 1. The van der Waals surface area contributed by atoms with Crippen LogP contribution in [0, 0.1) is 0 Å². The SMILES string of the molecule is CC(=O)Nc1ccn([C@@H]2O[C@H](/C=C\C=O)[C@@H](O[Si](C)(C)C(C)(C)C)[C@H]2O[Si](C)(C)C(C)(C)C)c(=O)n1. The summed E-state index contributed by atoms with van der Waals surface area (Å²) < 4.78 is 21.5. The van der Waals surface area contributed by atoms with Gasteiger partial charge < -0.3 is 18.9 Å². The Morgan fingerprint density at radius 3 is 2.03 bits per heavy atom. The predicted molar refractivity (Wildman–Crippen MR) is 146 cm³/mol. The summed E-state index contributed by atoms with van der Waals surface area (Å²) in [5, 5.41) is 2.35. The fraction of sp³-hybridized carbons (Fsp3) is 0.680. The molecule has 1 N–H and O–H groups in total. The molecule has 1 aliphatic heterocycles. The lowest BCUT2D eigenvalue weighted by Crippen LogP contribution is -2.53. The van der Waals surface area contributed by atoms with Crippen LogP contribution < -0.4 is 11.0 Å². The van der Waals surface area contributed by atoms with Crippen LogP contribution >= 0.6 is 0 Å². The van der Waals surface area contributed by atoms with Crippen molar-refractivity contribution in [3.63, 3.8) is 0 Å². The Bertz CT molecular complexity index is 1040. The lowest BCUT2D eigenvalue weighted by Gasteiger charge is -2.44. The minimum Gasteiger partial charge on any atom is -0.408 e. The van der Waals surface area contributed by atoms with E-state index in [4.69, 9.17) is 13.6 Å². The number of aldehydes is 1. The number of nitrogens with zero attached hydrogens (tertiary/aromatic N) is 2. The van der Waals surface area contributed by atoms with Crippen molar-refractivity contribution in [2.75, 3.05) is 5.32 Å². The van der Waals surface area contributed by atoms with Crippen LogP contribution in [0.15, 0.2) is 29.2 Å². The number of hydrogen-bond acceptors (Lipinski definition) is 7. The Hall–Kier alpha value is -1.93. The molecule has 1 fully saturated rings. The first-order valence-corrected chi connectivity index (χ1v) is 18.1. The van der Waals surface area contributed by atoms with Crippen molar-refractivity contribution in [1.82, 2.24) is 9.55 Å². The van der Waals surface area contributed by atoms with Crippen LogP contribution in [-0.4, -0.2) is 56.7 Å². The van der Waals surface area contributed by atoms with E-state index in [1.54, 1.807) is 18.3 Å². The Morgan fingerprint density at radius 2 is 1.58 bits per heavy atom. The molecule has 1 amide bonds. The average molecular weight is 538 g/mol. The summed E-state index contributed by atoms with van der Waals surface area (Å²) in [5.74, 6) is -0.159. The fourth-order valence-electron chi connectivity index (χ4n) is 3.35. The maximum Gasteiger partial charge on any atom is 0.351 e. The van der Waals surface area contributed by atoms with Gasteiger partial charge in [-0.05, 0) is 54.5 Å². The van der Waals surface area contributed by atoms with Gasteiger partial charge in [-0.1, -0.05) is 41.5 Å². The number of carbonyl (C=O) groups excluding carboxylic acids is 2. The monoisotopic (exact) mass is 537 g/mol. The Morgan fingerprint density at radius 1 is 1.06 bits per heavy atom. The molecule has 36 heavy (non-hydrogen) atoms. The molecule has 11 heteroatoms.